The summed E-state index contributed by atoms with van der Waals surface area (Å²) in [4.78, 5) is 13.8. The second-order valence-electron chi connectivity index (χ2n) is 11.3. The number of aryl methyl sites for hydroxylation is 2. The zero-order valence-electron chi connectivity index (χ0n) is 27.7. The lowest BCUT2D eigenvalue weighted by molar-refractivity contribution is 0.0175. The average molecular weight is 703 g/mol. The number of nitrogens with zero attached hydrogens (tertiary/aromatic N) is 1. The number of likely N-dealkylation sites (N-methyl/N-ethyl adjacent to an activating group) is 1. The molecule has 0 amide bonds. The smallest absolute Gasteiger partial charge is 0.271 e. The summed E-state index contributed by atoms with van der Waals surface area (Å²) in [5.41, 5.74) is 4.99. The molecule has 3 aromatic rings. The molecule has 0 radical (unpaired) electrons. The number of carbonyl (C=O) groups is 1. The van der Waals surface area contributed by atoms with Crippen molar-refractivity contribution in [2.24, 2.45) is 0 Å². The molecule has 248 valence electrons. The van der Waals surface area contributed by atoms with Gasteiger partial charge in [0.05, 0.1) is 0 Å². The van der Waals surface area contributed by atoms with Crippen LogP contribution >= 0.6 is 41.0 Å². The summed E-state index contributed by atoms with van der Waals surface area (Å²) >= 11 is 11.4. The highest BCUT2D eigenvalue weighted by Crippen LogP contribution is 2.37. The first-order chi connectivity index (χ1) is 20.7. The van der Waals surface area contributed by atoms with Gasteiger partial charge in [-0.15, -0.1) is 0 Å². The van der Waals surface area contributed by atoms with E-state index in [4.69, 9.17) is 27.9 Å². The fraction of sp³-hybridized carbons (Fsp3) is 0.400. The molecule has 0 aromatic heterocycles. The largest absolute Gasteiger partial charge is 0.492 e. The summed E-state index contributed by atoms with van der Waals surface area (Å²) in [5, 5.41) is 0.328. The van der Waals surface area contributed by atoms with Gasteiger partial charge in [0.15, 0.2) is 5.78 Å². The maximum atomic E-state index is 13.4. The van der Waals surface area contributed by atoms with Crippen molar-refractivity contribution < 1.29 is 22.7 Å². The molecular weight excluding hydrogens is 656 g/mol. The van der Waals surface area contributed by atoms with Gasteiger partial charge < -0.3 is 9.64 Å². The summed E-state index contributed by atoms with van der Waals surface area (Å²) in [6.45, 7) is 17.2. The van der Waals surface area contributed by atoms with E-state index in [0.29, 0.717) is 25.8 Å². The van der Waals surface area contributed by atoms with Gasteiger partial charge in [-0.25, -0.2) is 13.2 Å². The minimum Gasteiger partial charge on any atom is -0.492 e. The van der Waals surface area contributed by atoms with E-state index in [0.717, 1.165) is 53.2 Å². The zero-order chi connectivity index (χ0) is 34.7. The first-order valence-corrected chi connectivity index (χ1v) is 17.0. The van der Waals surface area contributed by atoms with Crippen molar-refractivity contribution >= 4 is 57.7 Å². The molecule has 0 saturated heterocycles. The normalized spacial score (nSPS) is 12.6. The number of allylic oxidation sites excluding steroid dienone is 1. The Morgan fingerprint density at radius 1 is 0.956 bits per heavy atom. The van der Waals surface area contributed by atoms with Crippen molar-refractivity contribution in [1.82, 2.24) is 4.90 Å². The lowest BCUT2D eigenvalue weighted by Crippen LogP contribution is -2.20. The van der Waals surface area contributed by atoms with Gasteiger partial charge in [-0.3, -0.25) is 4.79 Å². The predicted molar refractivity (Wildman–Crippen MR) is 194 cm³/mol. The first-order valence-electron chi connectivity index (χ1n) is 14.4. The third-order valence-corrected chi connectivity index (χ3v) is 8.44. The van der Waals surface area contributed by atoms with Crippen LogP contribution < -0.4 is 10.0 Å². The Morgan fingerprint density at radius 3 is 1.84 bits per heavy atom. The Kier molecular flexibility index (Phi) is 16.8. The van der Waals surface area contributed by atoms with E-state index in [2.05, 4.69) is 27.6 Å². The number of Topliss-reactive ketones (excluding diaryl/α,β-unsaturated/α-hetero) is 1. The monoisotopic (exact) mass is 701 g/mol. The Hall–Kier alpha value is -1.94. The molecule has 3 rings (SSSR count). The van der Waals surface area contributed by atoms with Crippen LogP contribution in [0.15, 0.2) is 55.1 Å². The molecule has 3 atom stereocenters. The van der Waals surface area contributed by atoms with Crippen LogP contribution in [0.3, 0.4) is 0 Å². The van der Waals surface area contributed by atoms with Gasteiger partial charge in [0.1, 0.15) is 17.8 Å². The summed E-state index contributed by atoms with van der Waals surface area (Å²) in [6.07, 6.45) is 1.05. The highest BCUT2D eigenvalue weighted by atomic mass is 35.5. The van der Waals surface area contributed by atoms with Crippen LogP contribution in [0.1, 0.15) is 72.8 Å². The quantitative estimate of drug-likeness (QED) is 0.156. The van der Waals surface area contributed by atoms with Crippen molar-refractivity contribution in [2.45, 2.75) is 59.8 Å². The van der Waals surface area contributed by atoms with Crippen molar-refractivity contribution in [3.05, 3.63) is 98.5 Å². The minimum atomic E-state index is -2.86. The number of ketones is 1. The topological polar surface area (TPSA) is 29.5 Å². The van der Waals surface area contributed by atoms with Gasteiger partial charge in [0, 0.05) is 45.8 Å². The van der Waals surface area contributed by atoms with Crippen LogP contribution in [-0.2, 0) is 11.3 Å². The fourth-order valence-electron chi connectivity index (χ4n) is 4.03. The molecule has 0 N–H and O–H groups in total. The van der Waals surface area contributed by atoms with Gasteiger partial charge in [0.2, 0.25) is 0 Å². The van der Waals surface area contributed by atoms with Crippen molar-refractivity contribution in [1.29, 1.82) is 0 Å². The minimum absolute atomic E-state index is 0.0721. The van der Waals surface area contributed by atoms with Crippen LogP contribution in [0.25, 0.3) is 5.57 Å². The maximum absolute atomic E-state index is 13.4. The van der Waals surface area contributed by atoms with Crippen LogP contribution in [0.5, 0.6) is 5.75 Å². The molecule has 0 heterocycles. The summed E-state index contributed by atoms with van der Waals surface area (Å²) in [5.74, 6) is -2.00. The van der Waals surface area contributed by atoms with E-state index in [1.54, 1.807) is 32.0 Å². The average Bonchev–Trinajstić information content (AvgIpc) is 2.90. The van der Waals surface area contributed by atoms with Gasteiger partial charge in [-0.2, -0.15) is 0 Å². The lowest BCUT2D eigenvalue weighted by Gasteiger charge is -2.18. The lowest BCUT2D eigenvalue weighted by atomic mass is 10.0. The number of halogens is 5. The van der Waals surface area contributed by atoms with Gasteiger partial charge in [-0.05, 0) is 96.1 Å². The summed E-state index contributed by atoms with van der Waals surface area (Å²) < 4.78 is 45.0. The van der Waals surface area contributed by atoms with E-state index in [-0.39, 0.29) is 16.4 Å². The zero-order valence-corrected chi connectivity index (χ0v) is 31.3. The molecule has 45 heavy (non-hydrogen) atoms. The van der Waals surface area contributed by atoms with E-state index >= 15 is 0 Å². The molecule has 10 heteroatoms. The van der Waals surface area contributed by atoms with E-state index in [1.807, 2.05) is 46.1 Å². The molecule has 0 fully saturated rings. The number of hydrogen-bond donors (Lipinski definition) is 0. The Morgan fingerprint density at radius 2 is 1.47 bits per heavy atom. The molecule has 0 aliphatic rings. The summed E-state index contributed by atoms with van der Waals surface area (Å²) in [6, 6.07) is 13.8. The molecule has 3 nitrogen and oxygen atoms in total. The van der Waals surface area contributed by atoms with E-state index in [1.165, 1.54) is 24.4 Å². The third kappa shape index (κ3) is 14.2. The number of benzene rings is 3. The second kappa shape index (κ2) is 18.4. The number of hydrogen-bond acceptors (Lipinski definition) is 3. The Labute approximate surface area is 281 Å². The maximum Gasteiger partial charge on any atom is 0.271 e. The molecular formula is C35H46Cl2F3NO2P2. The molecule has 0 spiro atoms. The second-order valence-corrected chi connectivity index (χ2v) is 14.8. The predicted octanol–water partition coefficient (Wildman–Crippen LogP) is 10.6. The van der Waals surface area contributed by atoms with E-state index < -0.39 is 11.3 Å². The first kappa shape index (κ1) is 41.1. The van der Waals surface area contributed by atoms with Crippen molar-refractivity contribution in [3.63, 3.8) is 0 Å². The SMILES string of the molecule is C=C(C)c1c(OCCN(C)C)cc(C(C)=O)cc1PCC.Cc1ccc(Cl)c(C(C)(F)F)c1.Cc1ccc(Cl)c(C(C)(F)P)c1. The van der Waals surface area contributed by atoms with E-state index in [9.17, 15) is 18.0 Å². The number of ether oxygens (including phenoxy) is 1. The van der Waals surface area contributed by atoms with Crippen LogP contribution in [0, 0.1) is 13.8 Å². The molecule has 3 aromatic carbocycles. The van der Waals surface area contributed by atoms with Crippen molar-refractivity contribution in [3.8, 4) is 5.75 Å². The van der Waals surface area contributed by atoms with Gasteiger partial charge >= 0.3 is 0 Å². The molecule has 0 aliphatic carbocycles. The highest BCUT2D eigenvalue weighted by Gasteiger charge is 2.27. The molecule has 0 aliphatic heterocycles. The third-order valence-electron chi connectivity index (χ3n) is 6.34. The number of carbonyl (C=O) groups excluding carboxylic acids is 1. The highest BCUT2D eigenvalue weighted by molar-refractivity contribution is 7.47. The number of rotatable bonds is 10. The number of alkyl halides is 3. The standard InChI is InChI=1S/C17H26NO2P.C9H9ClF2.C9H11ClFP/c1-7-21-16-11-14(13(4)19)10-15(17(16)12(2)3)20-9-8-18(5)6;2*1-6-3-4-8(10)7(5-6)9(2,11)12/h10-11,21H,2,7-9H2,1,3-6H3;3-5H,1-2H3;3-5H,12H2,1-2H3. The van der Waals surface area contributed by atoms with Crippen LogP contribution in [0.4, 0.5) is 13.2 Å². The van der Waals surface area contributed by atoms with Gasteiger partial charge in [0.25, 0.3) is 5.92 Å². The van der Waals surface area contributed by atoms with Crippen LogP contribution in [0.2, 0.25) is 10.0 Å². The Balaban J connectivity index is 0.000000361. The molecule has 0 saturated carbocycles. The van der Waals surface area contributed by atoms with Crippen LogP contribution in [-0.4, -0.2) is 44.1 Å². The molecule has 0 bridgehead atoms. The Bertz CT molecular complexity index is 1390. The molecule has 3 unspecified atom stereocenters. The van der Waals surface area contributed by atoms with Gasteiger partial charge in [-0.1, -0.05) is 83.9 Å². The summed E-state index contributed by atoms with van der Waals surface area (Å²) in [7, 11) is 6.82. The van der Waals surface area contributed by atoms with Crippen molar-refractivity contribution in [2.75, 3.05) is 33.4 Å². The fourth-order valence-corrected chi connectivity index (χ4v) is 6.10.